The largest absolute Gasteiger partial charge is 0.495 e. The molecule has 0 saturated heterocycles. The summed E-state index contributed by atoms with van der Waals surface area (Å²) in [6.07, 6.45) is 0.343. The van der Waals surface area contributed by atoms with Gasteiger partial charge in [-0.25, -0.2) is 0 Å². The van der Waals surface area contributed by atoms with E-state index < -0.39 is 0 Å². The Morgan fingerprint density at radius 2 is 1.81 bits per heavy atom. The lowest BCUT2D eigenvalue weighted by atomic mass is 9.97. The molecule has 0 aliphatic rings. The fourth-order valence-corrected chi connectivity index (χ4v) is 2.27. The van der Waals surface area contributed by atoms with Crippen LogP contribution in [0.4, 0.5) is 5.69 Å². The lowest BCUT2D eigenvalue weighted by Gasteiger charge is -2.10. The third-order valence-electron chi connectivity index (χ3n) is 3.60. The van der Waals surface area contributed by atoms with E-state index in [1.165, 1.54) is 5.56 Å². The van der Waals surface area contributed by atoms with Crippen LogP contribution in [0.1, 0.15) is 41.3 Å². The highest BCUT2D eigenvalue weighted by atomic mass is 16.5. The van der Waals surface area contributed by atoms with Crippen molar-refractivity contribution in [2.75, 3.05) is 12.8 Å². The van der Waals surface area contributed by atoms with E-state index in [-0.39, 0.29) is 5.78 Å². The van der Waals surface area contributed by atoms with Crippen LogP contribution < -0.4 is 10.5 Å². The van der Waals surface area contributed by atoms with Gasteiger partial charge in [0, 0.05) is 12.0 Å². The number of benzene rings is 2. The molecule has 0 radical (unpaired) electrons. The molecule has 0 aliphatic heterocycles. The van der Waals surface area contributed by atoms with Crippen LogP contribution in [0.15, 0.2) is 42.5 Å². The van der Waals surface area contributed by atoms with Crippen molar-refractivity contribution < 1.29 is 9.53 Å². The lowest BCUT2D eigenvalue weighted by Crippen LogP contribution is -2.08. The van der Waals surface area contributed by atoms with E-state index in [0.717, 1.165) is 5.56 Å². The first-order chi connectivity index (χ1) is 10.0. The first-order valence-electron chi connectivity index (χ1n) is 7.07. The summed E-state index contributed by atoms with van der Waals surface area (Å²) in [5.74, 6) is 1.03. The zero-order valence-corrected chi connectivity index (χ0v) is 12.7. The summed E-state index contributed by atoms with van der Waals surface area (Å²) in [6, 6.07) is 13.4. The third kappa shape index (κ3) is 3.43. The fourth-order valence-electron chi connectivity index (χ4n) is 2.27. The van der Waals surface area contributed by atoms with Crippen molar-refractivity contribution in [3.8, 4) is 5.75 Å². The molecule has 3 nitrogen and oxygen atoms in total. The number of rotatable bonds is 5. The number of carbonyl (C=O) groups excluding carboxylic acids is 1. The second kappa shape index (κ2) is 6.44. The molecule has 0 bridgehead atoms. The van der Waals surface area contributed by atoms with Gasteiger partial charge in [0.05, 0.1) is 12.8 Å². The number of nitrogens with two attached hydrogens (primary N) is 1. The molecule has 0 unspecified atom stereocenters. The van der Waals surface area contributed by atoms with E-state index in [2.05, 4.69) is 26.0 Å². The van der Waals surface area contributed by atoms with E-state index in [1.807, 2.05) is 12.1 Å². The van der Waals surface area contributed by atoms with E-state index in [1.54, 1.807) is 25.3 Å². The average Bonchev–Trinajstić information content (AvgIpc) is 2.48. The maximum atomic E-state index is 12.4. The lowest BCUT2D eigenvalue weighted by molar-refractivity contribution is 0.0993. The number of ether oxygens (including phenoxy) is 1. The molecule has 2 rings (SSSR count). The Balaban J connectivity index is 2.18. The Morgan fingerprint density at radius 1 is 1.14 bits per heavy atom. The Kier molecular flexibility index (Phi) is 4.63. The molecule has 2 N–H and O–H groups in total. The van der Waals surface area contributed by atoms with Gasteiger partial charge in [-0.15, -0.1) is 0 Å². The monoisotopic (exact) mass is 283 g/mol. The summed E-state index contributed by atoms with van der Waals surface area (Å²) in [5, 5.41) is 0. The number of Topliss-reactive ketones (excluding diaryl/α,β-unsaturated/α-hetero) is 1. The van der Waals surface area contributed by atoms with Gasteiger partial charge in [-0.1, -0.05) is 44.2 Å². The maximum Gasteiger partial charge on any atom is 0.169 e. The second-order valence-corrected chi connectivity index (χ2v) is 5.42. The standard InChI is InChI=1S/C18H21NO2/c1-12(2)14-9-7-13(8-10-14)11-16(20)15-5-4-6-17(21-3)18(15)19/h4-10,12H,11,19H2,1-3H3. The quantitative estimate of drug-likeness (QED) is 0.670. The number of hydrogen-bond acceptors (Lipinski definition) is 3. The summed E-state index contributed by atoms with van der Waals surface area (Å²) in [7, 11) is 1.55. The van der Waals surface area contributed by atoms with Gasteiger partial charge in [-0.05, 0) is 29.2 Å². The highest BCUT2D eigenvalue weighted by Crippen LogP contribution is 2.26. The number of anilines is 1. The van der Waals surface area contributed by atoms with Gasteiger partial charge in [0.15, 0.2) is 5.78 Å². The van der Waals surface area contributed by atoms with E-state index in [4.69, 9.17) is 10.5 Å². The van der Waals surface area contributed by atoms with E-state index >= 15 is 0 Å². The van der Waals surface area contributed by atoms with Gasteiger partial charge in [0.2, 0.25) is 0 Å². The van der Waals surface area contributed by atoms with Crippen molar-refractivity contribution in [1.29, 1.82) is 0 Å². The summed E-state index contributed by atoms with van der Waals surface area (Å²) in [6.45, 7) is 4.30. The van der Waals surface area contributed by atoms with Gasteiger partial charge in [0.25, 0.3) is 0 Å². The molecule has 0 heterocycles. The molecule has 110 valence electrons. The van der Waals surface area contributed by atoms with Crippen molar-refractivity contribution in [2.24, 2.45) is 0 Å². The molecule has 2 aromatic carbocycles. The SMILES string of the molecule is COc1cccc(C(=O)Cc2ccc(C(C)C)cc2)c1N. The summed E-state index contributed by atoms with van der Waals surface area (Å²) >= 11 is 0. The predicted octanol–water partition coefficient (Wildman–Crippen LogP) is 3.83. The second-order valence-electron chi connectivity index (χ2n) is 5.42. The zero-order chi connectivity index (χ0) is 15.4. The van der Waals surface area contributed by atoms with Gasteiger partial charge in [-0.3, -0.25) is 4.79 Å². The number of hydrogen-bond donors (Lipinski definition) is 1. The van der Waals surface area contributed by atoms with Crippen LogP contribution in [0.5, 0.6) is 5.75 Å². The number of para-hydroxylation sites is 1. The molecule has 0 aromatic heterocycles. The summed E-state index contributed by atoms with van der Waals surface area (Å²) < 4.78 is 5.15. The molecule has 0 atom stereocenters. The molecule has 0 saturated carbocycles. The van der Waals surface area contributed by atoms with Crippen molar-refractivity contribution in [2.45, 2.75) is 26.2 Å². The number of carbonyl (C=O) groups is 1. The van der Waals surface area contributed by atoms with Crippen LogP contribution in [0.3, 0.4) is 0 Å². The minimum absolute atomic E-state index is 0.00342. The molecular weight excluding hydrogens is 262 g/mol. The third-order valence-corrected chi connectivity index (χ3v) is 3.60. The van der Waals surface area contributed by atoms with Crippen LogP contribution in [-0.2, 0) is 6.42 Å². The van der Waals surface area contributed by atoms with Crippen LogP contribution >= 0.6 is 0 Å². The Labute approximate surface area is 125 Å². The first-order valence-corrected chi connectivity index (χ1v) is 7.07. The topological polar surface area (TPSA) is 52.3 Å². The van der Waals surface area contributed by atoms with Crippen molar-refractivity contribution >= 4 is 11.5 Å². The zero-order valence-electron chi connectivity index (χ0n) is 12.7. The molecule has 3 heteroatoms. The number of methoxy groups -OCH3 is 1. The number of ketones is 1. The molecule has 0 spiro atoms. The van der Waals surface area contributed by atoms with Crippen LogP contribution in [0, 0.1) is 0 Å². The minimum Gasteiger partial charge on any atom is -0.495 e. The van der Waals surface area contributed by atoms with Crippen LogP contribution in [0.2, 0.25) is 0 Å². The Bertz CT molecular complexity index is 630. The van der Waals surface area contributed by atoms with Gasteiger partial charge in [0.1, 0.15) is 5.75 Å². The fraction of sp³-hybridized carbons (Fsp3) is 0.278. The molecule has 0 aliphatic carbocycles. The van der Waals surface area contributed by atoms with E-state index in [9.17, 15) is 4.79 Å². The van der Waals surface area contributed by atoms with Crippen molar-refractivity contribution in [3.05, 3.63) is 59.2 Å². The normalized spacial score (nSPS) is 10.7. The molecule has 21 heavy (non-hydrogen) atoms. The van der Waals surface area contributed by atoms with Gasteiger partial charge in [-0.2, -0.15) is 0 Å². The summed E-state index contributed by atoms with van der Waals surface area (Å²) in [4.78, 5) is 12.4. The highest BCUT2D eigenvalue weighted by Gasteiger charge is 2.13. The summed E-state index contributed by atoms with van der Waals surface area (Å²) in [5.41, 5.74) is 9.15. The van der Waals surface area contributed by atoms with Crippen molar-refractivity contribution in [3.63, 3.8) is 0 Å². The highest BCUT2D eigenvalue weighted by molar-refractivity contribution is 6.03. The Morgan fingerprint density at radius 3 is 2.38 bits per heavy atom. The van der Waals surface area contributed by atoms with E-state index in [0.29, 0.717) is 29.3 Å². The van der Waals surface area contributed by atoms with Gasteiger partial charge < -0.3 is 10.5 Å². The predicted molar refractivity (Wildman–Crippen MR) is 86.0 cm³/mol. The molecule has 0 amide bonds. The van der Waals surface area contributed by atoms with Crippen LogP contribution in [0.25, 0.3) is 0 Å². The maximum absolute atomic E-state index is 12.4. The minimum atomic E-state index is 0.00342. The molecule has 0 fully saturated rings. The average molecular weight is 283 g/mol. The van der Waals surface area contributed by atoms with Gasteiger partial charge >= 0.3 is 0 Å². The van der Waals surface area contributed by atoms with Crippen molar-refractivity contribution in [1.82, 2.24) is 0 Å². The molecule has 2 aromatic rings. The first kappa shape index (κ1) is 15.1. The van der Waals surface area contributed by atoms with Crippen LogP contribution in [-0.4, -0.2) is 12.9 Å². The Hall–Kier alpha value is -2.29. The molecular formula is C18H21NO2. The number of nitrogen functional groups attached to an aromatic ring is 1. The smallest absolute Gasteiger partial charge is 0.169 e.